The van der Waals surface area contributed by atoms with Crippen LogP contribution in [0.2, 0.25) is 0 Å². The summed E-state index contributed by atoms with van der Waals surface area (Å²) in [6, 6.07) is 0.556. The lowest BCUT2D eigenvalue weighted by molar-refractivity contribution is -0.0711. The Balaban J connectivity index is 1.69. The molecule has 2 nitrogen and oxygen atoms in total. The smallest absolute Gasteiger partial charge is 0.166 e. The zero-order valence-corrected chi connectivity index (χ0v) is 13.5. The van der Waals surface area contributed by atoms with Crippen molar-refractivity contribution in [2.75, 3.05) is 6.54 Å². The van der Waals surface area contributed by atoms with E-state index in [1.807, 2.05) is 6.08 Å². The van der Waals surface area contributed by atoms with Gasteiger partial charge in [-0.3, -0.25) is 0 Å². The number of hydrogen-bond donors (Lipinski definition) is 2. The third-order valence-corrected chi connectivity index (χ3v) is 6.21. The average Bonchev–Trinajstić information content (AvgIpc) is 2.40. The van der Waals surface area contributed by atoms with Gasteiger partial charge >= 0.3 is 0 Å². The van der Waals surface area contributed by atoms with Crippen LogP contribution in [0.3, 0.4) is 0 Å². The highest BCUT2D eigenvalue weighted by atomic mass is 32.1. The summed E-state index contributed by atoms with van der Waals surface area (Å²) in [4.78, 5) is 0. The van der Waals surface area contributed by atoms with E-state index < -0.39 is 0 Å². The molecule has 0 aliphatic heterocycles. The molecule has 0 saturated heterocycles. The first-order chi connectivity index (χ1) is 9.65. The quantitative estimate of drug-likeness (QED) is 0.598. The van der Waals surface area contributed by atoms with Crippen LogP contribution in [0, 0.1) is 23.2 Å². The predicted molar refractivity (Wildman–Crippen MR) is 88.6 cm³/mol. The van der Waals surface area contributed by atoms with Crippen LogP contribution in [-0.4, -0.2) is 17.7 Å². The largest absolute Gasteiger partial charge is 0.359 e. The highest BCUT2D eigenvalue weighted by Gasteiger charge is 2.53. The van der Waals surface area contributed by atoms with Crippen molar-refractivity contribution in [2.24, 2.45) is 23.2 Å². The Morgan fingerprint density at radius 3 is 2.25 bits per heavy atom. The molecule has 0 heterocycles. The molecular formula is C17H28N2S. The molecule has 0 aromatic rings. The zero-order chi connectivity index (χ0) is 14.2. The first-order valence-electron chi connectivity index (χ1n) is 8.30. The summed E-state index contributed by atoms with van der Waals surface area (Å²) >= 11 is 5.45. The summed E-state index contributed by atoms with van der Waals surface area (Å²) in [6.45, 7) is 6.80. The summed E-state index contributed by atoms with van der Waals surface area (Å²) in [5.41, 5.74) is 0.531. The van der Waals surface area contributed by atoms with Gasteiger partial charge in [-0.1, -0.05) is 13.0 Å². The minimum atomic E-state index is 0.531. The second-order valence-electron chi connectivity index (χ2n) is 7.38. The van der Waals surface area contributed by atoms with Gasteiger partial charge in [-0.2, -0.15) is 0 Å². The van der Waals surface area contributed by atoms with Crippen LogP contribution < -0.4 is 10.6 Å². The number of rotatable bonds is 5. The van der Waals surface area contributed by atoms with Crippen molar-refractivity contribution in [3.05, 3.63) is 12.7 Å². The van der Waals surface area contributed by atoms with Crippen molar-refractivity contribution in [2.45, 2.75) is 57.9 Å². The second kappa shape index (κ2) is 5.67. The molecular weight excluding hydrogens is 264 g/mol. The highest BCUT2D eigenvalue weighted by Crippen LogP contribution is 2.61. The average molecular weight is 292 g/mol. The van der Waals surface area contributed by atoms with Gasteiger partial charge in [0.1, 0.15) is 0 Å². The molecule has 2 N–H and O–H groups in total. The standard InChI is InChI=1S/C17H28N2S/c1-3-5-18-16(20)19-15(4-2)17-9-12-6-13(10-17)8-14(7-12)11-17/h3,12-15H,1,4-11H2,2H3,(H2,18,19,20). The SMILES string of the molecule is C=CCNC(=S)NC(CC)C12CC3CC(CC(C3)C1)C2. The van der Waals surface area contributed by atoms with E-state index in [9.17, 15) is 0 Å². The summed E-state index contributed by atoms with van der Waals surface area (Å²) < 4.78 is 0. The molecule has 1 unspecified atom stereocenters. The molecule has 112 valence electrons. The van der Waals surface area contributed by atoms with Gasteiger partial charge in [0, 0.05) is 12.6 Å². The zero-order valence-electron chi connectivity index (χ0n) is 12.7. The Bertz CT molecular complexity index is 355. The monoisotopic (exact) mass is 292 g/mol. The fourth-order valence-corrected chi connectivity index (χ4v) is 5.89. The van der Waals surface area contributed by atoms with Crippen LogP contribution in [0.1, 0.15) is 51.9 Å². The van der Waals surface area contributed by atoms with Gasteiger partial charge in [0.2, 0.25) is 0 Å². The molecule has 4 rings (SSSR count). The van der Waals surface area contributed by atoms with Crippen molar-refractivity contribution < 1.29 is 0 Å². The first kappa shape index (κ1) is 14.4. The Hall–Kier alpha value is -0.570. The summed E-state index contributed by atoms with van der Waals surface area (Å²) in [6.07, 6.45) is 11.9. The lowest BCUT2D eigenvalue weighted by Gasteiger charge is -2.59. The molecule has 4 aliphatic rings. The lowest BCUT2D eigenvalue weighted by atomic mass is 9.47. The fourth-order valence-electron chi connectivity index (χ4n) is 5.67. The molecule has 4 saturated carbocycles. The molecule has 0 amide bonds. The highest BCUT2D eigenvalue weighted by molar-refractivity contribution is 7.80. The maximum Gasteiger partial charge on any atom is 0.166 e. The Morgan fingerprint density at radius 1 is 1.25 bits per heavy atom. The predicted octanol–water partition coefficient (Wildman–Crippen LogP) is 3.63. The van der Waals surface area contributed by atoms with Crippen molar-refractivity contribution >= 4 is 17.3 Å². The Kier molecular flexibility index (Phi) is 4.07. The van der Waals surface area contributed by atoms with Gasteiger partial charge in [-0.05, 0) is 80.3 Å². The van der Waals surface area contributed by atoms with E-state index >= 15 is 0 Å². The van der Waals surface area contributed by atoms with Gasteiger partial charge in [0.25, 0.3) is 0 Å². The summed E-state index contributed by atoms with van der Waals surface area (Å²) in [7, 11) is 0. The third kappa shape index (κ3) is 2.61. The normalized spacial score (nSPS) is 39.4. The third-order valence-electron chi connectivity index (χ3n) is 5.95. The van der Waals surface area contributed by atoms with Crippen LogP contribution in [0.5, 0.6) is 0 Å². The van der Waals surface area contributed by atoms with Gasteiger partial charge in [0.05, 0.1) is 0 Å². The summed E-state index contributed by atoms with van der Waals surface area (Å²) in [5, 5.41) is 7.68. The molecule has 0 spiro atoms. The molecule has 0 aromatic heterocycles. The van der Waals surface area contributed by atoms with Crippen molar-refractivity contribution in [1.82, 2.24) is 10.6 Å². The van der Waals surface area contributed by atoms with Gasteiger partial charge in [-0.15, -0.1) is 6.58 Å². The molecule has 4 bridgehead atoms. The Morgan fingerprint density at radius 2 is 1.80 bits per heavy atom. The topological polar surface area (TPSA) is 24.1 Å². The van der Waals surface area contributed by atoms with Crippen LogP contribution in [0.25, 0.3) is 0 Å². The van der Waals surface area contributed by atoms with Crippen LogP contribution >= 0.6 is 12.2 Å². The number of thiocarbonyl (C=S) groups is 1. The molecule has 3 heteroatoms. The van der Waals surface area contributed by atoms with Crippen LogP contribution in [0.15, 0.2) is 12.7 Å². The van der Waals surface area contributed by atoms with Crippen LogP contribution in [0.4, 0.5) is 0 Å². The number of hydrogen-bond acceptors (Lipinski definition) is 1. The maximum absolute atomic E-state index is 5.45. The van der Waals surface area contributed by atoms with E-state index in [1.54, 1.807) is 0 Å². The molecule has 4 aliphatic carbocycles. The molecule has 20 heavy (non-hydrogen) atoms. The fraction of sp³-hybridized carbons (Fsp3) is 0.824. The van der Waals surface area contributed by atoms with Gasteiger partial charge < -0.3 is 10.6 Å². The Labute approximate surface area is 128 Å². The van der Waals surface area contributed by atoms with E-state index in [2.05, 4.69) is 24.1 Å². The van der Waals surface area contributed by atoms with Crippen molar-refractivity contribution in [3.8, 4) is 0 Å². The van der Waals surface area contributed by atoms with E-state index in [4.69, 9.17) is 12.2 Å². The van der Waals surface area contributed by atoms with Gasteiger partial charge in [-0.25, -0.2) is 0 Å². The molecule has 4 fully saturated rings. The number of nitrogens with one attached hydrogen (secondary N) is 2. The minimum absolute atomic E-state index is 0.531. The van der Waals surface area contributed by atoms with E-state index in [1.165, 1.54) is 44.9 Å². The van der Waals surface area contributed by atoms with E-state index in [0.29, 0.717) is 11.5 Å². The molecule has 1 atom stereocenters. The maximum atomic E-state index is 5.45. The first-order valence-corrected chi connectivity index (χ1v) is 8.71. The van der Waals surface area contributed by atoms with Crippen molar-refractivity contribution in [3.63, 3.8) is 0 Å². The van der Waals surface area contributed by atoms with Crippen molar-refractivity contribution in [1.29, 1.82) is 0 Å². The minimum Gasteiger partial charge on any atom is -0.359 e. The van der Waals surface area contributed by atoms with E-state index in [-0.39, 0.29) is 0 Å². The van der Waals surface area contributed by atoms with Crippen LogP contribution in [-0.2, 0) is 0 Å². The molecule has 0 aromatic carbocycles. The van der Waals surface area contributed by atoms with Gasteiger partial charge in [0.15, 0.2) is 5.11 Å². The lowest BCUT2D eigenvalue weighted by Crippen LogP contribution is -2.57. The summed E-state index contributed by atoms with van der Waals surface area (Å²) in [5.74, 6) is 3.02. The van der Waals surface area contributed by atoms with E-state index in [0.717, 1.165) is 29.4 Å². The molecule has 0 radical (unpaired) electrons. The second-order valence-corrected chi connectivity index (χ2v) is 7.79.